The molecule has 5 nitrogen and oxygen atoms in total. The molecule has 24 heavy (non-hydrogen) atoms. The molecule has 126 valence electrons. The Labute approximate surface area is 146 Å². The maximum Gasteiger partial charge on any atom is 0.323 e. The van der Waals surface area contributed by atoms with E-state index in [0.29, 0.717) is 18.4 Å². The molecule has 2 amide bonds. The highest BCUT2D eigenvalue weighted by Crippen LogP contribution is 2.40. The Kier molecular flexibility index (Phi) is 3.96. The number of rotatable bonds is 3. The second-order valence-electron chi connectivity index (χ2n) is 6.74. The molecule has 2 fully saturated rings. The van der Waals surface area contributed by atoms with E-state index in [0.717, 1.165) is 35.1 Å². The van der Waals surface area contributed by atoms with Gasteiger partial charge in [0.15, 0.2) is 0 Å². The van der Waals surface area contributed by atoms with Crippen molar-refractivity contribution in [3.05, 3.63) is 46.6 Å². The number of amides is 2. The third-order valence-corrected chi connectivity index (χ3v) is 5.29. The highest BCUT2D eigenvalue weighted by molar-refractivity contribution is 6.31. The summed E-state index contributed by atoms with van der Waals surface area (Å²) in [6, 6.07) is 9.84. The van der Waals surface area contributed by atoms with E-state index in [1.807, 2.05) is 36.2 Å². The molecule has 1 aliphatic heterocycles. The lowest BCUT2D eigenvalue weighted by atomic mass is 9.98. The smallest absolute Gasteiger partial charge is 0.323 e. The molecule has 2 heterocycles. The predicted octanol–water partition coefficient (Wildman–Crippen LogP) is 3.97. The number of halogens is 1. The largest absolute Gasteiger partial charge is 0.324 e. The number of aromatic nitrogens is 2. The summed E-state index contributed by atoms with van der Waals surface area (Å²) in [5.41, 5.74) is 2.22. The molecule has 6 heteroatoms. The number of carbonyl (C=O) groups excluding carboxylic acids is 1. The molecule has 1 aliphatic carbocycles. The van der Waals surface area contributed by atoms with Gasteiger partial charge in [0.1, 0.15) is 5.82 Å². The van der Waals surface area contributed by atoms with Gasteiger partial charge >= 0.3 is 6.03 Å². The number of benzene rings is 1. The van der Waals surface area contributed by atoms with Crippen LogP contribution in [0.2, 0.25) is 5.02 Å². The second kappa shape index (κ2) is 6.13. The van der Waals surface area contributed by atoms with Crippen molar-refractivity contribution in [3.8, 4) is 0 Å². The number of likely N-dealkylation sites (tertiary alicyclic amines) is 1. The fourth-order valence-electron chi connectivity index (χ4n) is 3.38. The number of anilines is 1. The first-order valence-corrected chi connectivity index (χ1v) is 8.84. The van der Waals surface area contributed by atoms with Crippen LogP contribution in [0.1, 0.15) is 42.4 Å². The van der Waals surface area contributed by atoms with Gasteiger partial charge in [-0.1, -0.05) is 29.8 Å². The molecule has 0 radical (unpaired) electrons. The van der Waals surface area contributed by atoms with E-state index >= 15 is 0 Å². The number of hydrogen-bond acceptors (Lipinski definition) is 2. The Balaban J connectivity index is 1.41. The summed E-state index contributed by atoms with van der Waals surface area (Å²) in [6.07, 6.45) is 3.35. The van der Waals surface area contributed by atoms with E-state index in [2.05, 4.69) is 16.5 Å². The van der Waals surface area contributed by atoms with E-state index in [9.17, 15) is 4.79 Å². The summed E-state index contributed by atoms with van der Waals surface area (Å²) >= 11 is 6.29. The molecule has 1 saturated heterocycles. The Bertz CT molecular complexity index is 768. The van der Waals surface area contributed by atoms with Crippen LogP contribution < -0.4 is 5.32 Å². The van der Waals surface area contributed by atoms with Crippen molar-refractivity contribution >= 4 is 23.4 Å². The van der Waals surface area contributed by atoms with Crippen molar-refractivity contribution in [2.75, 3.05) is 18.4 Å². The summed E-state index contributed by atoms with van der Waals surface area (Å²) in [5, 5.41) is 8.27. The molecule has 1 aromatic heterocycles. The lowest BCUT2D eigenvalue weighted by Gasteiger charge is -2.18. The molecular weight excluding hydrogens is 324 g/mol. The normalized spacial score (nSPS) is 20.4. The van der Waals surface area contributed by atoms with Crippen LogP contribution >= 0.6 is 11.6 Å². The zero-order valence-corrected chi connectivity index (χ0v) is 14.5. The number of nitrogens with one attached hydrogen (secondary N) is 1. The van der Waals surface area contributed by atoms with Crippen LogP contribution in [0, 0.1) is 0 Å². The average Bonchev–Trinajstić information content (AvgIpc) is 3.19. The number of urea groups is 1. The lowest BCUT2D eigenvalue weighted by Crippen LogP contribution is -2.33. The SMILES string of the molecule is Cn1nc(C2CC2)cc1NC(=O)N1CC[C@H](c2ccccc2Cl)C1. The molecule has 2 aromatic rings. The Hall–Kier alpha value is -2.01. The molecule has 1 saturated carbocycles. The first kappa shape index (κ1) is 15.5. The van der Waals surface area contributed by atoms with E-state index in [-0.39, 0.29) is 6.03 Å². The molecule has 1 aromatic carbocycles. The Morgan fingerprint density at radius 3 is 2.79 bits per heavy atom. The number of hydrogen-bond donors (Lipinski definition) is 1. The topological polar surface area (TPSA) is 50.2 Å². The van der Waals surface area contributed by atoms with Gasteiger partial charge in [0, 0.05) is 43.1 Å². The molecule has 1 N–H and O–H groups in total. The van der Waals surface area contributed by atoms with Gasteiger partial charge in [0.25, 0.3) is 0 Å². The summed E-state index contributed by atoms with van der Waals surface area (Å²) in [7, 11) is 1.87. The van der Waals surface area contributed by atoms with Gasteiger partial charge in [-0.05, 0) is 30.9 Å². The van der Waals surface area contributed by atoms with Gasteiger partial charge in [0.2, 0.25) is 0 Å². The van der Waals surface area contributed by atoms with Gasteiger partial charge in [-0.15, -0.1) is 0 Å². The summed E-state index contributed by atoms with van der Waals surface area (Å²) in [5.74, 6) is 1.65. The zero-order valence-electron chi connectivity index (χ0n) is 13.7. The fraction of sp³-hybridized carbons (Fsp3) is 0.444. The van der Waals surface area contributed by atoms with Crippen LogP contribution in [0.25, 0.3) is 0 Å². The Morgan fingerprint density at radius 1 is 1.25 bits per heavy atom. The predicted molar refractivity (Wildman–Crippen MR) is 94.6 cm³/mol. The van der Waals surface area contributed by atoms with E-state index in [1.54, 1.807) is 4.68 Å². The monoisotopic (exact) mass is 344 g/mol. The van der Waals surface area contributed by atoms with Gasteiger partial charge < -0.3 is 4.90 Å². The minimum absolute atomic E-state index is 0.0603. The quantitative estimate of drug-likeness (QED) is 0.915. The third-order valence-electron chi connectivity index (χ3n) is 4.95. The first-order valence-electron chi connectivity index (χ1n) is 8.46. The van der Waals surface area contributed by atoms with Crippen molar-refractivity contribution < 1.29 is 4.79 Å². The highest BCUT2D eigenvalue weighted by Gasteiger charge is 2.30. The number of carbonyl (C=O) groups is 1. The minimum atomic E-state index is -0.0603. The molecule has 0 bridgehead atoms. The number of aryl methyl sites for hydroxylation is 1. The molecule has 0 spiro atoms. The zero-order chi connectivity index (χ0) is 16.7. The molecule has 0 unspecified atom stereocenters. The standard InChI is InChI=1S/C18H21ClN4O/c1-22-17(10-16(21-22)12-6-7-12)20-18(24)23-9-8-13(11-23)14-4-2-3-5-15(14)19/h2-5,10,12-13H,6-9,11H2,1H3,(H,20,24)/t13-/m0/s1. The van der Waals surface area contributed by atoms with Crippen LogP contribution in [-0.4, -0.2) is 33.8 Å². The summed E-state index contributed by atoms with van der Waals surface area (Å²) in [4.78, 5) is 14.4. The van der Waals surface area contributed by atoms with Crippen LogP contribution in [0.5, 0.6) is 0 Å². The van der Waals surface area contributed by atoms with Gasteiger partial charge in [-0.2, -0.15) is 5.10 Å². The molecular formula is C18H21ClN4O. The first-order chi connectivity index (χ1) is 11.6. The molecule has 4 rings (SSSR count). The van der Waals surface area contributed by atoms with E-state index < -0.39 is 0 Å². The minimum Gasteiger partial charge on any atom is -0.324 e. The van der Waals surface area contributed by atoms with Crippen molar-refractivity contribution in [3.63, 3.8) is 0 Å². The van der Waals surface area contributed by atoms with Gasteiger partial charge in [-0.3, -0.25) is 10.00 Å². The van der Waals surface area contributed by atoms with Gasteiger partial charge in [-0.25, -0.2) is 4.79 Å². The van der Waals surface area contributed by atoms with Crippen molar-refractivity contribution in [2.45, 2.75) is 31.1 Å². The van der Waals surface area contributed by atoms with Crippen LogP contribution in [0.15, 0.2) is 30.3 Å². The van der Waals surface area contributed by atoms with Crippen LogP contribution in [0.4, 0.5) is 10.6 Å². The van der Waals surface area contributed by atoms with Crippen molar-refractivity contribution in [1.29, 1.82) is 0 Å². The highest BCUT2D eigenvalue weighted by atomic mass is 35.5. The fourth-order valence-corrected chi connectivity index (χ4v) is 3.67. The van der Waals surface area contributed by atoms with Crippen molar-refractivity contribution in [1.82, 2.24) is 14.7 Å². The maximum atomic E-state index is 12.6. The van der Waals surface area contributed by atoms with Gasteiger partial charge in [0.05, 0.1) is 5.69 Å². The summed E-state index contributed by atoms with van der Waals surface area (Å²) in [6.45, 7) is 1.44. The van der Waals surface area contributed by atoms with Crippen LogP contribution in [-0.2, 0) is 7.05 Å². The lowest BCUT2D eigenvalue weighted by molar-refractivity contribution is 0.222. The van der Waals surface area contributed by atoms with E-state index in [4.69, 9.17) is 11.6 Å². The molecule has 2 aliphatic rings. The summed E-state index contributed by atoms with van der Waals surface area (Å²) < 4.78 is 1.76. The Morgan fingerprint density at radius 2 is 2.04 bits per heavy atom. The molecule has 1 atom stereocenters. The van der Waals surface area contributed by atoms with Crippen LogP contribution in [0.3, 0.4) is 0 Å². The average molecular weight is 345 g/mol. The maximum absolute atomic E-state index is 12.6. The van der Waals surface area contributed by atoms with E-state index in [1.165, 1.54) is 12.8 Å². The third kappa shape index (κ3) is 3.00. The second-order valence-corrected chi connectivity index (χ2v) is 7.14. The number of nitrogens with zero attached hydrogens (tertiary/aromatic N) is 3. The van der Waals surface area contributed by atoms with Crippen molar-refractivity contribution in [2.24, 2.45) is 7.05 Å².